The quantitative estimate of drug-likeness (QED) is 0.390. The lowest BCUT2D eigenvalue weighted by Gasteiger charge is -2.28. The van der Waals surface area contributed by atoms with Gasteiger partial charge in [-0.25, -0.2) is 15.4 Å². The van der Waals surface area contributed by atoms with Gasteiger partial charge in [-0.1, -0.05) is 19.9 Å². The van der Waals surface area contributed by atoms with Crippen molar-refractivity contribution in [3.8, 4) is 11.5 Å². The molecule has 0 bridgehead atoms. The number of amides is 2. The molecule has 0 radical (unpaired) electrons. The van der Waals surface area contributed by atoms with Gasteiger partial charge in [-0.2, -0.15) is 10.2 Å². The van der Waals surface area contributed by atoms with Gasteiger partial charge in [0.25, 0.3) is 0 Å². The molecule has 3 aromatic rings. The highest BCUT2D eigenvalue weighted by atomic mass is 16.5. The lowest BCUT2D eigenvalue weighted by Crippen LogP contribution is -2.37. The monoisotopic (exact) mass is 541 g/mol. The number of aryl methyl sites for hydroxylation is 1. The lowest BCUT2D eigenvalue weighted by atomic mass is 9.91. The van der Waals surface area contributed by atoms with Crippen molar-refractivity contribution in [1.82, 2.24) is 15.4 Å². The number of hydrazone groups is 2. The maximum Gasteiger partial charge on any atom is 0.243 e. The fraction of sp³-hybridized carbons (Fsp3) is 0.387. The van der Waals surface area contributed by atoms with Crippen LogP contribution in [0.1, 0.15) is 56.4 Å². The molecule has 1 N–H and O–H groups in total. The standard InChI is InChI=1S/C31H35N5O4/c1-19-17-27(37)33-34-29(19)22-8-10-23(11-9-22)40-16-6-5-15-36-28(38)18-20(2)30(35-36)24-13-14-26(39-4)31-25(24)12-7-21(3)32-31/h7-14,19-20H,5-6,15-18H2,1-4H3,(H,33,37). The summed E-state index contributed by atoms with van der Waals surface area (Å²) in [5, 5.41) is 11.6. The van der Waals surface area contributed by atoms with Gasteiger partial charge in [-0.15, -0.1) is 0 Å². The number of unbranched alkanes of at least 4 members (excludes halogenated alkanes) is 1. The summed E-state index contributed by atoms with van der Waals surface area (Å²) in [5.74, 6) is 1.56. The van der Waals surface area contributed by atoms with Crippen LogP contribution >= 0.6 is 0 Å². The minimum Gasteiger partial charge on any atom is -0.494 e. The number of nitrogens with zero attached hydrogens (tertiary/aromatic N) is 4. The molecule has 0 aliphatic carbocycles. The van der Waals surface area contributed by atoms with E-state index in [1.807, 2.05) is 63.2 Å². The maximum absolute atomic E-state index is 12.8. The number of hydrogen-bond donors (Lipinski definition) is 1. The SMILES string of the molecule is COc1ccc(C2=NN(CCCCOc3ccc(C4=NNC(=O)CC4C)cc3)C(=O)CC2C)c2ccc(C)nc12. The molecular formula is C31H35N5O4. The van der Waals surface area contributed by atoms with E-state index in [0.717, 1.165) is 63.5 Å². The predicted molar refractivity (Wildman–Crippen MR) is 155 cm³/mol. The fourth-order valence-corrected chi connectivity index (χ4v) is 5.20. The van der Waals surface area contributed by atoms with E-state index in [4.69, 9.17) is 19.6 Å². The van der Waals surface area contributed by atoms with Crippen molar-refractivity contribution in [2.24, 2.45) is 22.0 Å². The van der Waals surface area contributed by atoms with Crippen LogP contribution in [0.15, 0.2) is 58.7 Å². The van der Waals surface area contributed by atoms with Crippen LogP contribution in [0.3, 0.4) is 0 Å². The van der Waals surface area contributed by atoms with Crippen LogP contribution in [0.2, 0.25) is 0 Å². The predicted octanol–water partition coefficient (Wildman–Crippen LogP) is 4.84. The summed E-state index contributed by atoms with van der Waals surface area (Å²) in [7, 11) is 1.65. The van der Waals surface area contributed by atoms with Crippen LogP contribution in [0, 0.1) is 18.8 Å². The van der Waals surface area contributed by atoms with Crippen molar-refractivity contribution >= 4 is 34.1 Å². The molecule has 0 spiro atoms. The van der Waals surface area contributed by atoms with Gasteiger partial charge in [-0.3, -0.25) is 9.59 Å². The molecule has 9 nitrogen and oxygen atoms in total. The second-order valence-corrected chi connectivity index (χ2v) is 10.5. The number of carbonyl (C=O) groups excluding carboxylic acids is 2. The van der Waals surface area contributed by atoms with E-state index in [1.54, 1.807) is 12.1 Å². The van der Waals surface area contributed by atoms with Crippen LogP contribution in [-0.4, -0.2) is 53.5 Å². The molecule has 2 aliphatic rings. The van der Waals surface area contributed by atoms with E-state index in [1.165, 1.54) is 0 Å². The number of benzene rings is 2. The van der Waals surface area contributed by atoms with Crippen LogP contribution in [0.4, 0.5) is 0 Å². The van der Waals surface area contributed by atoms with Gasteiger partial charge >= 0.3 is 0 Å². The van der Waals surface area contributed by atoms with Crippen molar-refractivity contribution in [3.05, 3.63) is 65.4 Å². The van der Waals surface area contributed by atoms with Gasteiger partial charge in [0, 0.05) is 47.9 Å². The molecule has 0 saturated carbocycles. The molecule has 9 heteroatoms. The molecule has 3 heterocycles. The highest BCUT2D eigenvalue weighted by Gasteiger charge is 2.28. The van der Waals surface area contributed by atoms with Gasteiger partial charge in [0.15, 0.2) is 0 Å². The number of ether oxygens (including phenoxy) is 2. The highest BCUT2D eigenvalue weighted by Crippen LogP contribution is 2.31. The third-order valence-electron chi connectivity index (χ3n) is 7.36. The van der Waals surface area contributed by atoms with Crippen LogP contribution in [0.25, 0.3) is 10.9 Å². The number of fused-ring (bicyclic) bond motifs is 1. The first kappa shape index (κ1) is 27.3. The molecule has 0 fully saturated rings. The largest absolute Gasteiger partial charge is 0.494 e. The number of nitrogens with one attached hydrogen (secondary N) is 1. The molecule has 0 saturated heterocycles. The number of aromatic nitrogens is 1. The Morgan fingerprint density at radius 1 is 0.950 bits per heavy atom. The summed E-state index contributed by atoms with van der Waals surface area (Å²) in [4.78, 5) is 29.0. The Balaban J connectivity index is 1.19. The Bertz CT molecular complexity index is 1480. The van der Waals surface area contributed by atoms with E-state index in [0.29, 0.717) is 26.0 Å². The maximum atomic E-state index is 12.8. The van der Waals surface area contributed by atoms with Crippen LogP contribution < -0.4 is 14.9 Å². The first-order chi connectivity index (χ1) is 19.3. The Hall–Kier alpha value is -4.27. The summed E-state index contributed by atoms with van der Waals surface area (Å²) in [5.41, 5.74) is 8.00. The van der Waals surface area contributed by atoms with E-state index in [2.05, 4.69) is 16.6 Å². The fourth-order valence-electron chi connectivity index (χ4n) is 5.20. The first-order valence-electron chi connectivity index (χ1n) is 13.8. The van der Waals surface area contributed by atoms with Crippen LogP contribution in [-0.2, 0) is 9.59 Å². The summed E-state index contributed by atoms with van der Waals surface area (Å²) >= 11 is 0. The molecule has 2 amide bonds. The lowest BCUT2D eigenvalue weighted by molar-refractivity contribution is -0.132. The van der Waals surface area contributed by atoms with Crippen molar-refractivity contribution in [1.29, 1.82) is 0 Å². The minimum atomic E-state index is -0.0551. The normalized spacial score (nSPS) is 19.2. The Kier molecular flexibility index (Phi) is 8.09. The van der Waals surface area contributed by atoms with E-state index in [9.17, 15) is 9.59 Å². The molecule has 2 aromatic carbocycles. The van der Waals surface area contributed by atoms with E-state index >= 15 is 0 Å². The zero-order chi connectivity index (χ0) is 28.2. The zero-order valence-corrected chi connectivity index (χ0v) is 23.4. The number of hydrogen-bond acceptors (Lipinski definition) is 7. The average molecular weight is 542 g/mol. The molecular weight excluding hydrogens is 506 g/mol. The second-order valence-electron chi connectivity index (χ2n) is 10.5. The van der Waals surface area contributed by atoms with E-state index < -0.39 is 0 Å². The van der Waals surface area contributed by atoms with E-state index in [-0.39, 0.29) is 23.7 Å². The van der Waals surface area contributed by atoms with Crippen molar-refractivity contribution < 1.29 is 19.1 Å². The number of pyridine rings is 1. The average Bonchev–Trinajstić information content (AvgIpc) is 2.94. The molecule has 40 heavy (non-hydrogen) atoms. The Morgan fingerprint density at radius 2 is 1.73 bits per heavy atom. The third kappa shape index (κ3) is 5.83. The van der Waals surface area contributed by atoms with Crippen molar-refractivity contribution in [2.75, 3.05) is 20.3 Å². The Morgan fingerprint density at radius 3 is 2.48 bits per heavy atom. The summed E-state index contributed by atoms with van der Waals surface area (Å²) in [6.07, 6.45) is 2.42. The summed E-state index contributed by atoms with van der Waals surface area (Å²) in [6, 6.07) is 15.7. The Labute approximate surface area is 234 Å². The second kappa shape index (κ2) is 11.9. The van der Waals surface area contributed by atoms with Crippen molar-refractivity contribution in [3.63, 3.8) is 0 Å². The molecule has 2 atom stereocenters. The molecule has 2 aliphatic heterocycles. The number of methoxy groups -OCH3 is 1. The zero-order valence-electron chi connectivity index (χ0n) is 23.4. The van der Waals surface area contributed by atoms with Gasteiger partial charge in [0.2, 0.25) is 11.8 Å². The minimum absolute atomic E-state index is 0.00628. The van der Waals surface area contributed by atoms with Gasteiger partial charge in [-0.05, 0) is 67.8 Å². The first-order valence-corrected chi connectivity index (χ1v) is 13.8. The molecule has 5 rings (SSSR count). The highest BCUT2D eigenvalue weighted by molar-refractivity contribution is 6.14. The van der Waals surface area contributed by atoms with Crippen LogP contribution in [0.5, 0.6) is 11.5 Å². The summed E-state index contributed by atoms with van der Waals surface area (Å²) < 4.78 is 11.5. The van der Waals surface area contributed by atoms with Gasteiger partial charge in [0.05, 0.1) is 25.1 Å². The smallest absolute Gasteiger partial charge is 0.243 e. The number of rotatable bonds is 9. The third-order valence-corrected chi connectivity index (χ3v) is 7.36. The summed E-state index contributed by atoms with van der Waals surface area (Å²) in [6.45, 7) is 7.07. The van der Waals surface area contributed by atoms with Crippen molar-refractivity contribution in [2.45, 2.75) is 46.5 Å². The number of carbonyl (C=O) groups is 2. The topological polar surface area (TPSA) is 105 Å². The van der Waals surface area contributed by atoms with Gasteiger partial charge in [0.1, 0.15) is 17.0 Å². The van der Waals surface area contributed by atoms with Gasteiger partial charge < -0.3 is 9.47 Å². The molecule has 1 aromatic heterocycles. The molecule has 208 valence electrons. The molecule has 2 unspecified atom stereocenters.